The zero-order valence-corrected chi connectivity index (χ0v) is 14.5. The van der Waals surface area contributed by atoms with Crippen molar-refractivity contribution in [3.63, 3.8) is 0 Å². The van der Waals surface area contributed by atoms with Crippen LogP contribution < -0.4 is 10.6 Å². The highest BCUT2D eigenvalue weighted by atomic mass is 16.2. The van der Waals surface area contributed by atoms with E-state index >= 15 is 0 Å². The summed E-state index contributed by atoms with van der Waals surface area (Å²) in [5.74, 6) is 0.580. The van der Waals surface area contributed by atoms with Gasteiger partial charge in [0.1, 0.15) is 0 Å². The highest BCUT2D eigenvalue weighted by molar-refractivity contribution is 5.80. The minimum Gasteiger partial charge on any atom is -0.369 e. The van der Waals surface area contributed by atoms with Gasteiger partial charge >= 0.3 is 0 Å². The average Bonchev–Trinajstić information content (AvgIpc) is 2.87. The lowest BCUT2D eigenvalue weighted by atomic mass is 9.96. The molecule has 0 aliphatic carbocycles. The van der Waals surface area contributed by atoms with Crippen molar-refractivity contribution >= 4 is 17.8 Å². The molecule has 2 aliphatic heterocycles. The van der Waals surface area contributed by atoms with Crippen molar-refractivity contribution in [2.75, 3.05) is 50.7 Å². The Labute approximate surface area is 148 Å². The largest absolute Gasteiger partial charge is 0.369 e. The SMILES string of the molecule is NC(=O)CN1CCCN(C(=O)[C@H]2CCCN(c3ncccn3)C2)CC1. The van der Waals surface area contributed by atoms with Gasteiger partial charge in [0.15, 0.2) is 0 Å². The molecular formula is C17H26N6O2. The number of nitrogens with zero attached hydrogens (tertiary/aromatic N) is 5. The molecule has 0 saturated carbocycles. The Bertz CT molecular complexity index is 596. The molecule has 8 heteroatoms. The molecule has 0 aromatic carbocycles. The molecule has 1 aromatic heterocycles. The van der Waals surface area contributed by atoms with Gasteiger partial charge < -0.3 is 15.5 Å². The van der Waals surface area contributed by atoms with Gasteiger partial charge in [0.2, 0.25) is 17.8 Å². The molecule has 2 amide bonds. The first-order valence-electron chi connectivity index (χ1n) is 8.95. The van der Waals surface area contributed by atoms with E-state index < -0.39 is 0 Å². The zero-order valence-electron chi connectivity index (χ0n) is 14.5. The molecular weight excluding hydrogens is 320 g/mol. The Morgan fingerprint density at radius 3 is 2.64 bits per heavy atom. The number of carbonyl (C=O) groups is 2. The molecule has 0 bridgehead atoms. The Hall–Kier alpha value is -2.22. The summed E-state index contributed by atoms with van der Waals surface area (Å²) in [5, 5.41) is 0. The van der Waals surface area contributed by atoms with Gasteiger partial charge in [-0.3, -0.25) is 14.5 Å². The summed E-state index contributed by atoms with van der Waals surface area (Å²) in [7, 11) is 0. The van der Waals surface area contributed by atoms with Crippen molar-refractivity contribution < 1.29 is 9.59 Å². The number of amides is 2. The fraction of sp³-hybridized carbons (Fsp3) is 0.647. The number of carbonyl (C=O) groups excluding carboxylic acids is 2. The van der Waals surface area contributed by atoms with E-state index in [1.165, 1.54) is 0 Å². The molecule has 1 atom stereocenters. The van der Waals surface area contributed by atoms with E-state index in [2.05, 4.69) is 14.9 Å². The average molecular weight is 346 g/mol. The van der Waals surface area contributed by atoms with Crippen molar-refractivity contribution in [1.82, 2.24) is 19.8 Å². The third-order valence-corrected chi connectivity index (χ3v) is 4.89. The number of primary amides is 1. The second-order valence-electron chi connectivity index (χ2n) is 6.76. The minimum atomic E-state index is -0.314. The van der Waals surface area contributed by atoms with Gasteiger partial charge in [0.05, 0.1) is 12.5 Å². The third kappa shape index (κ3) is 4.66. The molecule has 3 rings (SSSR count). The number of hydrogen-bond acceptors (Lipinski definition) is 6. The number of piperidine rings is 1. The van der Waals surface area contributed by atoms with E-state index in [9.17, 15) is 9.59 Å². The van der Waals surface area contributed by atoms with Gasteiger partial charge in [-0.1, -0.05) is 0 Å². The molecule has 1 aromatic rings. The summed E-state index contributed by atoms with van der Waals surface area (Å²) in [6, 6.07) is 1.80. The summed E-state index contributed by atoms with van der Waals surface area (Å²) in [6.07, 6.45) is 6.21. The molecule has 0 unspecified atom stereocenters. The Morgan fingerprint density at radius 1 is 1.08 bits per heavy atom. The molecule has 2 aliphatic rings. The molecule has 2 fully saturated rings. The van der Waals surface area contributed by atoms with Crippen LogP contribution in [0, 0.1) is 5.92 Å². The molecule has 2 N–H and O–H groups in total. The van der Waals surface area contributed by atoms with E-state index in [-0.39, 0.29) is 24.3 Å². The molecule has 0 radical (unpaired) electrons. The standard InChI is InChI=1S/C17H26N6O2/c18-15(24)13-21-7-3-9-22(11-10-21)16(25)14-4-1-8-23(12-14)17-19-5-2-6-20-17/h2,5-6,14H,1,3-4,7-13H2,(H2,18,24)/t14-/m0/s1. The number of rotatable bonds is 4. The zero-order chi connectivity index (χ0) is 17.6. The highest BCUT2D eigenvalue weighted by Gasteiger charge is 2.31. The van der Waals surface area contributed by atoms with Crippen molar-refractivity contribution in [1.29, 1.82) is 0 Å². The molecule has 3 heterocycles. The van der Waals surface area contributed by atoms with Crippen LogP contribution in [0.2, 0.25) is 0 Å². The summed E-state index contributed by atoms with van der Waals surface area (Å²) in [6.45, 7) is 4.74. The van der Waals surface area contributed by atoms with Crippen LogP contribution in [-0.4, -0.2) is 77.4 Å². The highest BCUT2D eigenvalue weighted by Crippen LogP contribution is 2.22. The fourth-order valence-electron chi connectivity index (χ4n) is 3.64. The van der Waals surface area contributed by atoms with E-state index in [1.807, 2.05) is 9.80 Å². The Morgan fingerprint density at radius 2 is 1.88 bits per heavy atom. The van der Waals surface area contributed by atoms with Gasteiger partial charge in [0, 0.05) is 51.7 Å². The van der Waals surface area contributed by atoms with Crippen molar-refractivity contribution in [3.8, 4) is 0 Å². The lowest BCUT2D eigenvalue weighted by Gasteiger charge is -2.34. The Kier molecular flexibility index (Phi) is 5.80. The van der Waals surface area contributed by atoms with Crippen molar-refractivity contribution in [3.05, 3.63) is 18.5 Å². The monoisotopic (exact) mass is 346 g/mol. The van der Waals surface area contributed by atoms with E-state index in [1.54, 1.807) is 18.5 Å². The van der Waals surface area contributed by atoms with Crippen molar-refractivity contribution in [2.24, 2.45) is 11.7 Å². The summed E-state index contributed by atoms with van der Waals surface area (Å²) < 4.78 is 0. The maximum atomic E-state index is 13.0. The van der Waals surface area contributed by atoms with E-state index in [0.29, 0.717) is 25.6 Å². The first-order chi connectivity index (χ1) is 12.1. The topological polar surface area (TPSA) is 95.7 Å². The molecule has 2 saturated heterocycles. The van der Waals surface area contributed by atoms with Gasteiger partial charge in [0.25, 0.3) is 0 Å². The number of nitrogens with two attached hydrogens (primary N) is 1. The molecule has 136 valence electrons. The second-order valence-corrected chi connectivity index (χ2v) is 6.76. The van der Waals surface area contributed by atoms with Crippen molar-refractivity contribution in [2.45, 2.75) is 19.3 Å². The van der Waals surface area contributed by atoms with Gasteiger partial charge in [-0.15, -0.1) is 0 Å². The number of anilines is 1. The molecule has 8 nitrogen and oxygen atoms in total. The van der Waals surface area contributed by atoms with Crippen LogP contribution in [0.15, 0.2) is 18.5 Å². The van der Waals surface area contributed by atoms with Crippen LogP contribution in [-0.2, 0) is 9.59 Å². The maximum absolute atomic E-state index is 13.0. The summed E-state index contributed by atoms with van der Waals surface area (Å²) in [4.78, 5) is 38.7. The van der Waals surface area contributed by atoms with Crippen LogP contribution in [0.3, 0.4) is 0 Å². The van der Waals surface area contributed by atoms with Crippen LogP contribution in [0.1, 0.15) is 19.3 Å². The van der Waals surface area contributed by atoms with Gasteiger partial charge in [-0.05, 0) is 25.3 Å². The predicted molar refractivity (Wildman–Crippen MR) is 93.8 cm³/mol. The quantitative estimate of drug-likeness (QED) is 0.805. The molecule has 0 spiro atoms. The van der Waals surface area contributed by atoms with Crippen LogP contribution >= 0.6 is 0 Å². The minimum absolute atomic E-state index is 0.0137. The lowest BCUT2D eigenvalue weighted by Crippen LogP contribution is -2.46. The molecule has 25 heavy (non-hydrogen) atoms. The van der Waals surface area contributed by atoms with E-state index in [0.717, 1.165) is 38.9 Å². The number of hydrogen-bond donors (Lipinski definition) is 1. The summed E-state index contributed by atoms with van der Waals surface area (Å²) in [5.41, 5.74) is 5.28. The van der Waals surface area contributed by atoms with Gasteiger partial charge in [-0.2, -0.15) is 0 Å². The second kappa shape index (κ2) is 8.24. The summed E-state index contributed by atoms with van der Waals surface area (Å²) >= 11 is 0. The first kappa shape index (κ1) is 17.6. The smallest absolute Gasteiger partial charge is 0.231 e. The fourth-order valence-corrected chi connectivity index (χ4v) is 3.64. The first-order valence-corrected chi connectivity index (χ1v) is 8.95. The van der Waals surface area contributed by atoms with Gasteiger partial charge in [-0.25, -0.2) is 9.97 Å². The Balaban J connectivity index is 1.57. The maximum Gasteiger partial charge on any atom is 0.231 e. The van der Waals surface area contributed by atoms with E-state index in [4.69, 9.17) is 5.73 Å². The predicted octanol–water partition coefficient (Wildman–Crippen LogP) is -0.287. The number of aromatic nitrogens is 2. The van der Waals surface area contributed by atoms with Crippen LogP contribution in [0.4, 0.5) is 5.95 Å². The lowest BCUT2D eigenvalue weighted by molar-refractivity contribution is -0.135. The van der Waals surface area contributed by atoms with Crippen LogP contribution in [0.25, 0.3) is 0 Å². The van der Waals surface area contributed by atoms with Crippen LogP contribution in [0.5, 0.6) is 0 Å². The normalized spacial score (nSPS) is 22.5. The third-order valence-electron chi connectivity index (χ3n) is 4.89.